The smallest absolute Gasteiger partial charge is 0.341 e. The van der Waals surface area contributed by atoms with Crippen LogP contribution in [-0.4, -0.2) is 23.9 Å². The number of hydrogen-bond donors (Lipinski definition) is 1. The molecule has 96 valence electrons. The number of carbonyl (C=O) groups excluding carboxylic acids is 1. The minimum Gasteiger partial charge on any atom is -0.511 e. The van der Waals surface area contributed by atoms with Gasteiger partial charge in [-0.3, -0.25) is 0 Å². The van der Waals surface area contributed by atoms with E-state index in [9.17, 15) is 9.90 Å². The average molecular weight is 264 g/mol. The molecule has 3 nitrogen and oxygen atoms in total. The molecular formula is C14H16O3S. The number of fused-ring (bicyclic) bond motifs is 1. The van der Waals surface area contributed by atoms with Gasteiger partial charge in [-0.25, -0.2) is 4.79 Å². The van der Waals surface area contributed by atoms with Crippen molar-refractivity contribution in [3.05, 3.63) is 35.1 Å². The predicted molar refractivity (Wildman–Crippen MR) is 72.7 cm³/mol. The lowest BCUT2D eigenvalue weighted by Crippen LogP contribution is -2.13. The highest BCUT2D eigenvalue weighted by Crippen LogP contribution is 2.33. The van der Waals surface area contributed by atoms with Gasteiger partial charge in [0, 0.05) is 11.3 Å². The first-order valence-electron chi connectivity index (χ1n) is 5.94. The highest BCUT2D eigenvalue weighted by Gasteiger charge is 2.25. The molecule has 0 saturated carbocycles. The number of ether oxygens (including phenoxy) is 1. The molecule has 0 aliphatic heterocycles. The topological polar surface area (TPSA) is 46.5 Å². The lowest BCUT2D eigenvalue weighted by Gasteiger charge is -2.19. The summed E-state index contributed by atoms with van der Waals surface area (Å²) in [6, 6.07) is 6.05. The van der Waals surface area contributed by atoms with Crippen LogP contribution < -0.4 is 0 Å². The predicted octanol–water partition coefficient (Wildman–Crippen LogP) is 3.19. The number of aryl methyl sites for hydroxylation is 1. The quantitative estimate of drug-likeness (QED) is 0.672. The maximum absolute atomic E-state index is 11.8. The van der Waals surface area contributed by atoms with Crippen molar-refractivity contribution in [1.29, 1.82) is 0 Å². The Balaban J connectivity index is 2.49. The Labute approximate surface area is 111 Å². The molecule has 0 atom stereocenters. The standard InChI is InChI=1S/C14H16O3S/c1-3-18-10-6-4-9-5-7-12(15)13(11(9)8-10)14(16)17-2/h4,6,8,15H,3,5,7H2,1-2H3. The van der Waals surface area contributed by atoms with Gasteiger partial charge >= 0.3 is 5.97 Å². The van der Waals surface area contributed by atoms with Crippen LogP contribution >= 0.6 is 11.8 Å². The van der Waals surface area contributed by atoms with Crippen LogP contribution in [-0.2, 0) is 16.0 Å². The van der Waals surface area contributed by atoms with Gasteiger partial charge in [-0.2, -0.15) is 0 Å². The van der Waals surface area contributed by atoms with E-state index in [4.69, 9.17) is 4.74 Å². The van der Waals surface area contributed by atoms with Crippen LogP contribution in [0.3, 0.4) is 0 Å². The number of rotatable bonds is 3. The second kappa shape index (κ2) is 5.48. The molecule has 0 aromatic heterocycles. The van der Waals surface area contributed by atoms with Gasteiger partial charge in [-0.1, -0.05) is 13.0 Å². The maximum Gasteiger partial charge on any atom is 0.341 e. The van der Waals surface area contributed by atoms with Crippen molar-refractivity contribution in [3.8, 4) is 0 Å². The van der Waals surface area contributed by atoms with Crippen LogP contribution in [0.25, 0.3) is 5.57 Å². The van der Waals surface area contributed by atoms with Gasteiger partial charge in [0.05, 0.1) is 7.11 Å². The number of esters is 1. The molecule has 4 heteroatoms. The highest BCUT2D eigenvalue weighted by molar-refractivity contribution is 7.99. The molecule has 0 amide bonds. The Morgan fingerprint density at radius 1 is 1.44 bits per heavy atom. The summed E-state index contributed by atoms with van der Waals surface area (Å²) in [5, 5.41) is 9.91. The Hall–Kier alpha value is -1.42. The lowest BCUT2D eigenvalue weighted by atomic mass is 9.89. The van der Waals surface area contributed by atoms with Crippen molar-refractivity contribution < 1.29 is 14.6 Å². The number of hydrogen-bond acceptors (Lipinski definition) is 4. The van der Waals surface area contributed by atoms with Gasteiger partial charge in [-0.15, -0.1) is 11.8 Å². The fourth-order valence-corrected chi connectivity index (χ4v) is 2.82. The third-order valence-electron chi connectivity index (χ3n) is 2.97. The van der Waals surface area contributed by atoms with E-state index < -0.39 is 5.97 Å². The molecule has 1 aliphatic carbocycles. The summed E-state index contributed by atoms with van der Waals surface area (Å²) in [5.41, 5.74) is 2.22. The molecule has 0 heterocycles. The van der Waals surface area contributed by atoms with E-state index in [-0.39, 0.29) is 5.76 Å². The van der Waals surface area contributed by atoms with Crippen LogP contribution in [0.15, 0.2) is 28.9 Å². The zero-order valence-electron chi connectivity index (χ0n) is 10.5. The van der Waals surface area contributed by atoms with Crippen LogP contribution in [0.4, 0.5) is 0 Å². The number of aliphatic hydroxyl groups excluding tert-OH is 1. The van der Waals surface area contributed by atoms with Crippen LogP contribution in [0.2, 0.25) is 0 Å². The lowest BCUT2D eigenvalue weighted by molar-refractivity contribution is -0.133. The summed E-state index contributed by atoms with van der Waals surface area (Å²) in [6.07, 6.45) is 1.26. The summed E-state index contributed by atoms with van der Waals surface area (Å²) in [6.45, 7) is 2.08. The van der Waals surface area contributed by atoms with Crippen LogP contribution in [0, 0.1) is 0 Å². The normalized spacial score (nSPS) is 14.3. The molecule has 0 saturated heterocycles. The summed E-state index contributed by atoms with van der Waals surface area (Å²) >= 11 is 1.71. The zero-order chi connectivity index (χ0) is 13.1. The number of methoxy groups -OCH3 is 1. The van der Waals surface area contributed by atoms with Crippen LogP contribution in [0.1, 0.15) is 24.5 Å². The van der Waals surface area contributed by atoms with E-state index in [1.807, 2.05) is 12.1 Å². The Morgan fingerprint density at radius 3 is 2.89 bits per heavy atom. The zero-order valence-corrected chi connectivity index (χ0v) is 11.3. The van der Waals surface area contributed by atoms with E-state index in [0.717, 1.165) is 28.2 Å². The SMILES string of the molecule is CCSc1ccc2c(c1)C(C(=O)OC)=C(O)CC2. The first kappa shape index (κ1) is 13.0. The third-order valence-corrected chi connectivity index (χ3v) is 3.85. The fraction of sp³-hybridized carbons (Fsp3) is 0.357. The second-order valence-corrected chi connectivity index (χ2v) is 5.40. The minimum atomic E-state index is -0.466. The number of benzene rings is 1. The maximum atomic E-state index is 11.8. The van der Waals surface area contributed by atoms with E-state index in [1.54, 1.807) is 11.8 Å². The largest absolute Gasteiger partial charge is 0.511 e. The Morgan fingerprint density at radius 2 is 2.22 bits per heavy atom. The van der Waals surface area contributed by atoms with Gasteiger partial charge in [0.1, 0.15) is 11.3 Å². The molecule has 0 spiro atoms. The molecule has 1 aromatic carbocycles. The second-order valence-electron chi connectivity index (χ2n) is 4.07. The monoisotopic (exact) mass is 264 g/mol. The van der Waals surface area contributed by atoms with Gasteiger partial charge < -0.3 is 9.84 Å². The van der Waals surface area contributed by atoms with Crippen LogP contribution in [0.5, 0.6) is 0 Å². The Kier molecular flexibility index (Phi) is 3.97. The molecule has 0 fully saturated rings. The van der Waals surface area contributed by atoms with Gasteiger partial charge in [0.15, 0.2) is 0 Å². The first-order chi connectivity index (χ1) is 8.67. The number of allylic oxidation sites excluding steroid dienone is 1. The van der Waals surface area contributed by atoms with E-state index in [1.165, 1.54) is 7.11 Å². The minimum absolute atomic E-state index is 0.132. The molecule has 1 aromatic rings. The summed E-state index contributed by atoms with van der Waals surface area (Å²) in [7, 11) is 1.33. The van der Waals surface area contributed by atoms with E-state index >= 15 is 0 Å². The average Bonchev–Trinajstić information content (AvgIpc) is 2.38. The molecule has 0 unspecified atom stereocenters. The molecular weight excluding hydrogens is 248 g/mol. The number of aliphatic hydroxyl groups is 1. The first-order valence-corrected chi connectivity index (χ1v) is 6.92. The van der Waals surface area contributed by atoms with Crippen molar-refractivity contribution in [2.75, 3.05) is 12.9 Å². The van der Waals surface area contributed by atoms with Crippen molar-refractivity contribution in [1.82, 2.24) is 0 Å². The highest BCUT2D eigenvalue weighted by atomic mass is 32.2. The Bertz CT molecular complexity index is 506. The van der Waals surface area contributed by atoms with Crippen molar-refractivity contribution in [2.45, 2.75) is 24.7 Å². The summed E-state index contributed by atoms with van der Waals surface area (Å²) in [5.74, 6) is 0.641. The molecule has 0 bridgehead atoms. The molecule has 0 radical (unpaired) electrons. The number of thioether (sulfide) groups is 1. The van der Waals surface area contributed by atoms with Gasteiger partial charge in [0.2, 0.25) is 0 Å². The van der Waals surface area contributed by atoms with E-state index in [2.05, 4.69) is 13.0 Å². The van der Waals surface area contributed by atoms with E-state index in [0.29, 0.717) is 12.0 Å². The molecule has 2 rings (SSSR count). The fourth-order valence-electron chi connectivity index (χ4n) is 2.13. The van der Waals surface area contributed by atoms with Crippen molar-refractivity contribution in [3.63, 3.8) is 0 Å². The van der Waals surface area contributed by atoms with Gasteiger partial charge in [0.25, 0.3) is 0 Å². The summed E-state index contributed by atoms with van der Waals surface area (Å²) < 4.78 is 4.75. The third kappa shape index (κ3) is 2.38. The van der Waals surface area contributed by atoms with Crippen molar-refractivity contribution in [2.24, 2.45) is 0 Å². The van der Waals surface area contributed by atoms with Gasteiger partial charge in [-0.05, 0) is 35.4 Å². The number of carbonyl (C=O) groups is 1. The van der Waals surface area contributed by atoms with Crippen molar-refractivity contribution >= 4 is 23.3 Å². The summed E-state index contributed by atoms with van der Waals surface area (Å²) in [4.78, 5) is 12.9. The molecule has 1 N–H and O–H groups in total. The molecule has 18 heavy (non-hydrogen) atoms. The molecule has 1 aliphatic rings.